The van der Waals surface area contributed by atoms with Crippen LogP contribution in [0.1, 0.15) is 39.5 Å². The highest BCUT2D eigenvalue weighted by molar-refractivity contribution is 6.31. The molecule has 0 aromatic heterocycles. The first-order valence-corrected chi connectivity index (χ1v) is 11.3. The van der Waals surface area contributed by atoms with E-state index >= 15 is 0 Å². The number of carbonyl (C=O) groups excluding carboxylic acids is 1. The zero-order chi connectivity index (χ0) is 23.3. The van der Waals surface area contributed by atoms with E-state index in [9.17, 15) is 4.79 Å². The Morgan fingerprint density at radius 1 is 0.788 bits per heavy atom. The molecule has 0 aliphatic carbocycles. The molecule has 0 amide bonds. The van der Waals surface area contributed by atoms with E-state index in [1.807, 2.05) is 97.9 Å². The molecule has 0 aliphatic rings. The van der Waals surface area contributed by atoms with E-state index in [-0.39, 0.29) is 6.61 Å². The summed E-state index contributed by atoms with van der Waals surface area (Å²) in [5, 5.41) is 0.443. The number of hydrogen-bond donors (Lipinski definition) is 0. The lowest BCUT2D eigenvalue weighted by molar-refractivity contribution is 0.0525. The molecular weight excluding hydrogens is 432 g/mol. The highest BCUT2D eigenvalue weighted by Crippen LogP contribution is 2.43. The zero-order valence-corrected chi connectivity index (χ0v) is 19.4. The van der Waals surface area contributed by atoms with Gasteiger partial charge in [0.1, 0.15) is 5.75 Å². The van der Waals surface area contributed by atoms with Crippen molar-refractivity contribution in [2.24, 2.45) is 0 Å². The Morgan fingerprint density at radius 2 is 1.24 bits per heavy atom. The predicted octanol–water partition coefficient (Wildman–Crippen LogP) is 7.20. The van der Waals surface area contributed by atoms with Gasteiger partial charge < -0.3 is 9.47 Å². The van der Waals surface area contributed by atoms with Crippen molar-refractivity contribution >= 4 is 17.6 Å². The Morgan fingerprint density at radius 3 is 1.67 bits per heavy atom. The van der Waals surface area contributed by atoms with E-state index in [0.29, 0.717) is 16.3 Å². The van der Waals surface area contributed by atoms with Gasteiger partial charge in [-0.1, -0.05) is 103 Å². The summed E-state index contributed by atoms with van der Waals surface area (Å²) in [6, 6.07) is 33.5. The molecule has 4 rings (SSSR count). The van der Waals surface area contributed by atoms with Gasteiger partial charge in [0.05, 0.1) is 12.2 Å². The van der Waals surface area contributed by atoms with Crippen LogP contribution in [0.3, 0.4) is 0 Å². The minimum Gasteiger partial charge on any atom is -0.473 e. The molecule has 0 N–H and O–H groups in total. The van der Waals surface area contributed by atoms with E-state index in [1.54, 1.807) is 19.1 Å². The van der Waals surface area contributed by atoms with Crippen molar-refractivity contribution in [2.75, 3.05) is 6.61 Å². The van der Waals surface area contributed by atoms with E-state index in [2.05, 4.69) is 0 Å². The topological polar surface area (TPSA) is 35.5 Å². The van der Waals surface area contributed by atoms with Gasteiger partial charge in [-0.15, -0.1) is 0 Å². The highest BCUT2D eigenvalue weighted by Gasteiger charge is 2.39. The van der Waals surface area contributed by atoms with Gasteiger partial charge in [-0.05, 0) is 26.0 Å². The van der Waals surface area contributed by atoms with Crippen molar-refractivity contribution in [1.82, 2.24) is 0 Å². The number of rotatable bonds is 7. The predicted molar refractivity (Wildman–Crippen MR) is 132 cm³/mol. The van der Waals surface area contributed by atoms with Crippen LogP contribution in [0.15, 0.2) is 103 Å². The van der Waals surface area contributed by atoms with Crippen LogP contribution >= 0.6 is 11.6 Å². The highest BCUT2D eigenvalue weighted by atomic mass is 35.5. The Balaban J connectivity index is 1.98. The van der Waals surface area contributed by atoms with Crippen LogP contribution in [-0.2, 0) is 10.3 Å². The largest absolute Gasteiger partial charge is 0.473 e. The second-order valence-electron chi connectivity index (χ2n) is 7.68. The molecule has 0 atom stereocenters. The van der Waals surface area contributed by atoms with Gasteiger partial charge >= 0.3 is 5.97 Å². The van der Waals surface area contributed by atoms with Crippen molar-refractivity contribution in [1.29, 1.82) is 0 Å². The average Bonchev–Trinajstić information content (AvgIpc) is 2.86. The molecule has 0 saturated heterocycles. The van der Waals surface area contributed by atoms with Crippen molar-refractivity contribution in [3.05, 3.63) is 136 Å². The van der Waals surface area contributed by atoms with Gasteiger partial charge in [-0.3, -0.25) is 0 Å². The smallest absolute Gasteiger partial charge is 0.338 e. The van der Waals surface area contributed by atoms with Crippen molar-refractivity contribution in [3.63, 3.8) is 0 Å². The van der Waals surface area contributed by atoms with Crippen LogP contribution < -0.4 is 4.74 Å². The second-order valence-corrected chi connectivity index (χ2v) is 8.09. The molecule has 4 heteroatoms. The number of carbonyl (C=O) groups is 1. The Labute approximate surface area is 199 Å². The zero-order valence-electron chi connectivity index (χ0n) is 18.6. The number of benzene rings is 4. The van der Waals surface area contributed by atoms with E-state index in [4.69, 9.17) is 21.1 Å². The molecule has 33 heavy (non-hydrogen) atoms. The summed E-state index contributed by atoms with van der Waals surface area (Å²) in [6.07, 6.45) is 0. The van der Waals surface area contributed by atoms with Crippen LogP contribution in [0.2, 0.25) is 5.02 Å². The van der Waals surface area contributed by atoms with E-state index in [0.717, 1.165) is 22.3 Å². The SMILES string of the molecule is CCOC(=O)c1cc(Cl)c(C)c(OC(c2ccccc2)(c2ccccc2)c2ccccc2)c1. The summed E-state index contributed by atoms with van der Waals surface area (Å²) < 4.78 is 12.2. The van der Waals surface area contributed by atoms with Crippen molar-refractivity contribution in [2.45, 2.75) is 19.4 Å². The molecular formula is C29H25ClO3. The molecule has 0 aliphatic heterocycles. The summed E-state index contributed by atoms with van der Waals surface area (Å²) in [6.45, 7) is 3.94. The number of ether oxygens (including phenoxy) is 2. The lowest BCUT2D eigenvalue weighted by Gasteiger charge is -2.37. The van der Waals surface area contributed by atoms with Crippen LogP contribution in [0.25, 0.3) is 0 Å². The molecule has 0 heterocycles. The van der Waals surface area contributed by atoms with Crippen LogP contribution in [0.5, 0.6) is 5.75 Å². The molecule has 0 spiro atoms. The van der Waals surface area contributed by atoms with Gasteiger partial charge in [0, 0.05) is 27.3 Å². The summed E-state index contributed by atoms with van der Waals surface area (Å²) in [4.78, 5) is 12.5. The summed E-state index contributed by atoms with van der Waals surface area (Å²) in [5.41, 5.74) is 3.01. The molecule has 166 valence electrons. The van der Waals surface area contributed by atoms with Gasteiger partial charge in [0.2, 0.25) is 0 Å². The number of halogens is 1. The number of esters is 1. The van der Waals surface area contributed by atoms with Crippen LogP contribution in [-0.4, -0.2) is 12.6 Å². The quantitative estimate of drug-likeness (QED) is 0.218. The summed E-state index contributed by atoms with van der Waals surface area (Å²) in [5.74, 6) is 0.0797. The van der Waals surface area contributed by atoms with Crippen molar-refractivity contribution in [3.8, 4) is 5.75 Å². The Bertz CT molecular complexity index is 1130. The standard InChI is InChI=1S/C29H25ClO3/c1-3-32-28(31)22-19-26(30)21(2)27(20-22)33-29(23-13-7-4-8-14-23,24-15-9-5-10-16-24)25-17-11-6-12-18-25/h4-20H,3H2,1-2H3. The fourth-order valence-corrected chi connectivity index (χ4v) is 4.16. The maximum absolute atomic E-state index is 12.5. The van der Waals surface area contributed by atoms with Crippen molar-refractivity contribution < 1.29 is 14.3 Å². The number of hydrogen-bond acceptors (Lipinski definition) is 3. The Kier molecular flexibility index (Phi) is 6.81. The fraction of sp³-hybridized carbons (Fsp3) is 0.138. The maximum Gasteiger partial charge on any atom is 0.338 e. The third kappa shape index (κ3) is 4.50. The minimum atomic E-state index is -0.967. The normalized spacial score (nSPS) is 11.1. The first kappa shape index (κ1) is 22.6. The van der Waals surface area contributed by atoms with Crippen LogP contribution in [0, 0.1) is 6.92 Å². The summed E-state index contributed by atoms with van der Waals surface area (Å²) >= 11 is 6.54. The average molecular weight is 457 g/mol. The molecule has 4 aromatic rings. The van der Waals surface area contributed by atoms with Gasteiger partial charge in [0.25, 0.3) is 0 Å². The summed E-state index contributed by atoms with van der Waals surface area (Å²) in [7, 11) is 0. The fourth-order valence-electron chi connectivity index (χ4n) is 3.95. The van der Waals surface area contributed by atoms with Gasteiger partial charge in [-0.25, -0.2) is 4.79 Å². The third-order valence-electron chi connectivity index (χ3n) is 5.61. The molecule has 0 unspecified atom stereocenters. The Hall–Kier alpha value is -3.56. The molecule has 0 fully saturated rings. The van der Waals surface area contributed by atoms with E-state index < -0.39 is 11.6 Å². The molecule has 0 radical (unpaired) electrons. The van der Waals surface area contributed by atoms with Crippen LogP contribution in [0.4, 0.5) is 0 Å². The van der Waals surface area contributed by atoms with E-state index in [1.165, 1.54) is 0 Å². The lowest BCUT2D eigenvalue weighted by atomic mass is 9.80. The third-order valence-corrected chi connectivity index (χ3v) is 6.00. The monoisotopic (exact) mass is 456 g/mol. The molecule has 0 saturated carbocycles. The molecule has 3 nitrogen and oxygen atoms in total. The maximum atomic E-state index is 12.5. The first-order chi connectivity index (χ1) is 16.1. The minimum absolute atomic E-state index is 0.280. The van der Waals surface area contributed by atoms with Gasteiger partial charge in [-0.2, -0.15) is 0 Å². The molecule has 0 bridgehead atoms. The molecule has 4 aromatic carbocycles. The van der Waals surface area contributed by atoms with Gasteiger partial charge in [0.15, 0.2) is 5.60 Å². The second kappa shape index (κ2) is 9.93. The first-order valence-electron chi connectivity index (χ1n) is 10.9. The lowest BCUT2D eigenvalue weighted by Crippen LogP contribution is -2.36.